The third kappa shape index (κ3) is 13.6. The average Bonchev–Trinajstić information content (AvgIpc) is 2.56. The fourth-order valence-corrected chi connectivity index (χ4v) is 3.05. The van der Waals surface area contributed by atoms with Crippen molar-refractivity contribution < 1.29 is 17.5 Å². The molecule has 0 spiro atoms. The molecule has 26 heavy (non-hydrogen) atoms. The van der Waals surface area contributed by atoms with Crippen molar-refractivity contribution in [2.75, 3.05) is 51.1 Å². The van der Waals surface area contributed by atoms with Crippen LogP contribution in [0.4, 0.5) is 4.39 Å². The molecule has 0 saturated heterocycles. The van der Waals surface area contributed by atoms with E-state index in [1.807, 2.05) is 0 Å². The number of ether oxygens (including phenoxy) is 1. The predicted octanol–water partition coefficient (Wildman–Crippen LogP) is 2.15. The van der Waals surface area contributed by atoms with Gasteiger partial charge in [0.1, 0.15) is 15.7 Å². The number of hydrogen-bond donors (Lipinski definition) is 2. The summed E-state index contributed by atoms with van der Waals surface area (Å²) in [4.78, 5) is 5.16. The van der Waals surface area contributed by atoms with E-state index in [1.165, 1.54) is 18.4 Å². The van der Waals surface area contributed by atoms with Crippen LogP contribution in [0.25, 0.3) is 0 Å². The largest absolute Gasteiger partial charge is 0.379 e. The molecule has 0 fully saturated rings. The Morgan fingerprint density at radius 3 is 2.46 bits per heavy atom. The molecule has 0 radical (unpaired) electrons. The molecular formula is C16H27FIN3O3S2. The van der Waals surface area contributed by atoms with E-state index in [0.717, 1.165) is 23.6 Å². The van der Waals surface area contributed by atoms with Crippen molar-refractivity contribution in [3.63, 3.8) is 0 Å². The standard InChI is InChI=1S/C16H26FN3O3S2.HI/c1-18-16(20-9-10-23-11-13-25(2,21)22)19-8-3-12-24-15-6-4-14(17)5-7-15;/h4-7H,3,8-13H2,1-2H3,(H2,18,19,20);1H. The number of halogens is 2. The van der Waals surface area contributed by atoms with Crippen LogP contribution in [-0.2, 0) is 14.6 Å². The summed E-state index contributed by atoms with van der Waals surface area (Å²) < 4.78 is 40.0. The number of sulfone groups is 1. The van der Waals surface area contributed by atoms with Gasteiger partial charge in [0, 0.05) is 31.3 Å². The molecule has 1 rings (SSSR count). The zero-order valence-corrected chi connectivity index (χ0v) is 19.0. The molecule has 0 aliphatic heterocycles. The molecule has 0 unspecified atom stereocenters. The predicted molar refractivity (Wildman–Crippen MR) is 117 cm³/mol. The lowest BCUT2D eigenvalue weighted by molar-refractivity contribution is 0.154. The van der Waals surface area contributed by atoms with E-state index in [1.54, 1.807) is 30.9 Å². The molecule has 10 heteroatoms. The molecule has 0 aliphatic rings. The Kier molecular flexibility index (Phi) is 14.1. The van der Waals surface area contributed by atoms with Gasteiger partial charge in [-0.3, -0.25) is 4.99 Å². The van der Waals surface area contributed by atoms with Crippen LogP contribution in [0.1, 0.15) is 6.42 Å². The second-order valence-electron chi connectivity index (χ2n) is 5.32. The lowest BCUT2D eigenvalue weighted by atomic mass is 10.4. The molecule has 2 N–H and O–H groups in total. The summed E-state index contributed by atoms with van der Waals surface area (Å²) in [6.07, 6.45) is 2.13. The van der Waals surface area contributed by atoms with Gasteiger partial charge in [-0.2, -0.15) is 0 Å². The first-order valence-corrected chi connectivity index (χ1v) is 11.0. The molecule has 1 aromatic carbocycles. The Labute approximate surface area is 176 Å². The van der Waals surface area contributed by atoms with E-state index in [0.29, 0.717) is 19.1 Å². The number of benzene rings is 1. The molecular weight excluding hydrogens is 492 g/mol. The number of guanidine groups is 1. The maximum absolute atomic E-state index is 12.8. The molecule has 0 aliphatic carbocycles. The van der Waals surface area contributed by atoms with Gasteiger partial charge in [0.25, 0.3) is 0 Å². The van der Waals surface area contributed by atoms with E-state index < -0.39 is 9.84 Å². The lowest BCUT2D eigenvalue weighted by Gasteiger charge is -2.12. The molecule has 0 bridgehead atoms. The summed E-state index contributed by atoms with van der Waals surface area (Å²) in [5.74, 6) is 1.41. The number of rotatable bonds is 11. The van der Waals surface area contributed by atoms with Gasteiger partial charge in [0.2, 0.25) is 0 Å². The molecule has 0 heterocycles. The summed E-state index contributed by atoms with van der Waals surface area (Å²) in [5, 5.41) is 6.29. The van der Waals surface area contributed by atoms with E-state index >= 15 is 0 Å². The lowest BCUT2D eigenvalue weighted by Crippen LogP contribution is -2.39. The minimum atomic E-state index is -2.97. The smallest absolute Gasteiger partial charge is 0.191 e. The van der Waals surface area contributed by atoms with Crippen molar-refractivity contribution in [3.05, 3.63) is 30.1 Å². The van der Waals surface area contributed by atoms with Gasteiger partial charge >= 0.3 is 0 Å². The summed E-state index contributed by atoms with van der Waals surface area (Å²) in [6, 6.07) is 6.48. The van der Waals surface area contributed by atoms with E-state index in [4.69, 9.17) is 4.74 Å². The fraction of sp³-hybridized carbons (Fsp3) is 0.562. The van der Waals surface area contributed by atoms with E-state index in [9.17, 15) is 12.8 Å². The summed E-state index contributed by atoms with van der Waals surface area (Å²) in [6.45, 7) is 1.93. The highest BCUT2D eigenvalue weighted by Gasteiger charge is 2.02. The van der Waals surface area contributed by atoms with Gasteiger partial charge in [-0.05, 0) is 36.4 Å². The van der Waals surface area contributed by atoms with Crippen LogP contribution in [0, 0.1) is 5.82 Å². The molecule has 0 saturated carbocycles. The van der Waals surface area contributed by atoms with Crippen LogP contribution < -0.4 is 10.6 Å². The Hall–Kier alpha value is -0.590. The summed E-state index contributed by atoms with van der Waals surface area (Å²) in [7, 11) is -1.29. The number of thioether (sulfide) groups is 1. The monoisotopic (exact) mass is 519 g/mol. The zero-order chi connectivity index (χ0) is 18.5. The maximum Gasteiger partial charge on any atom is 0.191 e. The minimum absolute atomic E-state index is 0. The number of nitrogens with one attached hydrogen (secondary N) is 2. The molecule has 0 amide bonds. The van der Waals surface area contributed by atoms with Crippen molar-refractivity contribution in [2.45, 2.75) is 11.3 Å². The van der Waals surface area contributed by atoms with E-state index in [-0.39, 0.29) is 42.2 Å². The topological polar surface area (TPSA) is 79.8 Å². The molecule has 1 aromatic rings. The Morgan fingerprint density at radius 1 is 1.19 bits per heavy atom. The first-order chi connectivity index (χ1) is 11.9. The van der Waals surface area contributed by atoms with Crippen molar-refractivity contribution in [1.29, 1.82) is 0 Å². The zero-order valence-electron chi connectivity index (χ0n) is 15.0. The van der Waals surface area contributed by atoms with Crippen LogP contribution in [0.5, 0.6) is 0 Å². The van der Waals surface area contributed by atoms with Crippen LogP contribution in [-0.4, -0.2) is 65.5 Å². The van der Waals surface area contributed by atoms with E-state index in [2.05, 4.69) is 15.6 Å². The van der Waals surface area contributed by atoms with Crippen molar-refractivity contribution >= 4 is 51.5 Å². The quantitative estimate of drug-likeness (QED) is 0.153. The molecule has 150 valence electrons. The van der Waals surface area contributed by atoms with Crippen molar-refractivity contribution in [3.8, 4) is 0 Å². The van der Waals surface area contributed by atoms with Crippen LogP contribution in [0.15, 0.2) is 34.2 Å². The van der Waals surface area contributed by atoms with Crippen molar-refractivity contribution in [1.82, 2.24) is 10.6 Å². The number of aliphatic imine (C=N–C) groups is 1. The highest BCUT2D eigenvalue weighted by Crippen LogP contribution is 2.18. The van der Waals surface area contributed by atoms with Gasteiger partial charge in [0.05, 0.1) is 19.0 Å². The molecule has 0 atom stereocenters. The minimum Gasteiger partial charge on any atom is -0.379 e. The second-order valence-corrected chi connectivity index (χ2v) is 8.75. The third-order valence-electron chi connectivity index (χ3n) is 3.06. The van der Waals surface area contributed by atoms with Gasteiger partial charge in [-0.15, -0.1) is 35.7 Å². The van der Waals surface area contributed by atoms with Gasteiger partial charge in [-0.1, -0.05) is 0 Å². The second kappa shape index (κ2) is 14.5. The third-order valence-corrected chi connectivity index (χ3v) is 5.06. The summed E-state index contributed by atoms with van der Waals surface area (Å²) >= 11 is 1.68. The SMILES string of the molecule is CN=C(NCCCSc1ccc(F)cc1)NCCOCCS(C)(=O)=O.I. The van der Waals surface area contributed by atoms with Crippen LogP contribution >= 0.6 is 35.7 Å². The first-order valence-electron chi connectivity index (χ1n) is 7.99. The van der Waals surface area contributed by atoms with Gasteiger partial charge in [0.15, 0.2) is 5.96 Å². The Balaban J connectivity index is 0.00000625. The first kappa shape index (κ1) is 25.4. The Morgan fingerprint density at radius 2 is 1.85 bits per heavy atom. The molecule has 0 aromatic heterocycles. The molecule has 6 nitrogen and oxygen atoms in total. The van der Waals surface area contributed by atoms with Crippen LogP contribution in [0.3, 0.4) is 0 Å². The van der Waals surface area contributed by atoms with Crippen molar-refractivity contribution in [2.24, 2.45) is 4.99 Å². The number of hydrogen-bond acceptors (Lipinski definition) is 5. The van der Waals surface area contributed by atoms with Gasteiger partial charge in [-0.25, -0.2) is 12.8 Å². The fourth-order valence-electron chi connectivity index (χ4n) is 1.77. The highest BCUT2D eigenvalue weighted by atomic mass is 127. The Bertz CT molecular complexity index is 628. The van der Waals surface area contributed by atoms with Crippen LogP contribution in [0.2, 0.25) is 0 Å². The average molecular weight is 519 g/mol. The number of nitrogens with zero attached hydrogens (tertiary/aromatic N) is 1. The highest BCUT2D eigenvalue weighted by molar-refractivity contribution is 14.0. The normalized spacial score (nSPS) is 11.7. The summed E-state index contributed by atoms with van der Waals surface area (Å²) in [5.41, 5.74) is 0. The maximum atomic E-state index is 12.8. The van der Waals surface area contributed by atoms with Gasteiger partial charge < -0.3 is 15.4 Å².